The van der Waals surface area contributed by atoms with Gasteiger partial charge in [0.25, 0.3) is 0 Å². The zero-order valence-electron chi connectivity index (χ0n) is 10.0. The van der Waals surface area contributed by atoms with Gasteiger partial charge in [0.1, 0.15) is 5.75 Å². The Morgan fingerprint density at radius 2 is 2.22 bits per heavy atom. The predicted octanol–water partition coefficient (Wildman–Crippen LogP) is 3.29. The second kappa shape index (κ2) is 4.48. The summed E-state index contributed by atoms with van der Waals surface area (Å²) in [7, 11) is 1.67. The lowest BCUT2D eigenvalue weighted by molar-refractivity contribution is 0.415. The van der Waals surface area contributed by atoms with E-state index in [1.165, 1.54) is 0 Å². The molecule has 3 rings (SSSR count). The molecule has 3 nitrogen and oxygen atoms in total. The topological polar surface area (TPSA) is 51.0 Å². The Balaban J connectivity index is 2.11. The zero-order chi connectivity index (χ0) is 12.5. The molecule has 0 saturated heterocycles. The van der Waals surface area contributed by atoms with Crippen LogP contribution >= 0.6 is 11.3 Å². The first-order chi connectivity index (χ1) is 8.79. The first kappa shape index (κ1) is 11.3. The maximum atomic E-state index is 6.31. The van der Waals surface area contributed by atoms with Crippen molar-refractivity contribution in [3.05, 3.63) is 52.3 Å². The number of ether oxygens (including phenoxy) is 1. The van der Waals surface area contributed by atoms with Crippen LogP contribution in [0.2, 0.25) is 0 Å². The van der Waals surface area contributed by atoms with Crippen LogP contribution in [0.15, 0.2) is 41.2 Å². The van der Waals surface area contributed by atoms with Gasteiger partial charge in [-0.05, 0) is 46.2 Å². The number of nitrogens with two attached hydrogens (primary N) is 1. The summed E-state index contributed by atoms with van der Waals surface area (Å²) in [5.74, 6) is 0.848. The van der Waals surface area contributed by atoms with Gasteiger partial charge in [-0.1, -0.05) is 0 Å². The van der Waals surface area contributed by atoms with Gasteiger partial charge in [0.05, 0.1) is 13.2 Å². The lowest BCUT2D eigenvalue weighted by atomic mass is 10.0. The minimum atomic E-state index is -0.0999. The summed E-state index contributed by atoms with van der Waals surface area (Å²) in [6.45, 7) is 0. The summed E-state index contributed by atoms with van der Waals surface area (Å²) in [6, 6.07) is 7.94. The minimum absolute atomic E-state index is 0.0999. The molecule has 0 bridgehead atoms. The molecule has 0 aliphatic carbocycles. The third kappa shape index (κ3) is 1.79. The molecule has 1 atom stereocenters. The number of rotatable bonds is 3. The Hall–Kier alpha value is -1.78. The monoisotopic (exact) mass is 258 g/mol. The van der Waals surface area contributed by atoms with Gasteiger partial charge in [-0.15, -0.1) is 0 Å². The highest BCUT2D eigenvalue weighted by atomic mass is 32.1. The lowest BCUT2D eigenvalue weighted by Gasteiger charge is -2.09. The van der Waals surface area contributed by atoms with Gasteiger partial charge in [-0.25, -0.2) is 0 Å². The molecule has 0 radical (unpaired) electrons. The summed E-state index contributed by atoms with van der Waals surface area (Å²) in [5, 5.41) is 5.25. The van der Waals surface area contributed by atoms with Crippen LogP contribution in [-0.4, -0.2) is 12.1 Å². The van der Waals surface area contributed by atoms with Gasteiger partial charge in [-0.2, -0.15) is 11.3 Å². The van der Waals surface area contributed by atoms with Crippen LogP contribution in [0.1, 0.15) is 17.2 Å². The molecular formula is C14H14N2OS. The fourth-order valence-electron chi connectivity index (χ4n) is 2.14. The van der Waals surface area contributed by atoms with Gasteiger partial charge in [-0.3, -0.25) is 0 Å². The Morgan fingerprint density at radius 3 is 2.94 bits per heavy atom. The average Bonchev–Trinajstić information content (AvgIpc) is 3.06. The van der Waals surface area contributed by atoms with Crippen LogP contribution in [-0.2, 0) is 0 Å². The van der Waals surface area contributed by atoms with Crippen LogP contribution in [0.4, 0.5) is 0 Å². The molecule has 0 saturated carbocycles. The number of hydrogen-bond acceptors (Lipinski definition) is 3. The van der Waals surface area contributed by atoms with Gasteiger partial charge >= 0.3 is 0 Å². The molecule has 0 unspecified atom stereocenters. The van der Waals surface area contributed by atoms with E-state index in [0.29, 0.717) is 0 Å². The van der Waals surface area contributed by atoms with Crippen LogP contribution < -0.4 is 10.5 Å². The first-order valence-corrected chi connectivity index (χ1v) is 6.66. The summed E-state index contributed by atoms with van der Waals surface area (Å²) in [5.41, 5.74) is 9.63. The molecule has 0 aliphatic heterocycles. The molecule has 1 aromatic carbocycles. The lowest BCUT2D eigenvalue weighted by Crippen LogP contribution is -2.10. The predicted molar refractivity (Wildman–Crippen MR) is 75.2 cm³/mol. The smallest absolute Gasteiger partial charge is 0.119 e. The van der Waals surface area contributed by atoms with Crippen molar-refractivity contribution >= 4 is 22.2 Å². The molecule has 0 spiro atoms. The Morgan fingerprint density at radius 1 is 1.33 bits per heavy atom. The molecular weight excluding hydrogens is 244 g/mol. The first-order valence-electron chi connectivity index (χ1n) is 5.72. The third-order valence-corrected chi connectivity index (χ3v) is 3.86. The van der Waals surface area contributed by atoms with E-state index in [9.17, 15) is 0 Å². The summed E-state index contributed by atoms with van der Waals surface area (Å²) < 4.78 is 5.26. The standard InChI is InChI=1S/C14H14N2OS/c1-17-10-2-3-13-11(6-10)12(7-16-13)14(15)9-4-5-18-8-9/h2-8,14,16H,15H2,1H3/t14-/m1/s1. The number of fused-ring (bicyclic) bond motifs is 1. The fraction of sp³-hybridized carbons (Fsp3) is 0.143. The Kier molecular flexibility index (Phi) is 2.81. The summed E-state index contributed by atoms with van der Waals surface area (Å²) in [6.07, 6.45) is 1.98. The Labute approximate surface area is 109 Å². The third-order valence-electron chi connectivity index (χ3n) is 3.16. The van der Waals surface area contributed by atoms with Crippen LogP contribution in [0.5, 0.6) is 5.75 Å². The number of aromatic nitrogens is 1. The van der Waals surface area contributed by atoms with Crippen molar-refractivity contribution in [1.82, 2.24) is 4.98 Å². The van der Waals surface area contributed by atoms with Crippen molar-refractivity contribution in [2.45, 2.75) is 6.04 Å². The maximum Gasteiger partial charge on any atom is 0.119 e. The van der Waals surface area contributed by atoms with E-state index in [0.717, 1.165) is 27.8 Å². The van der Waals surface area contributed by atoms with Gasteiger partial charge in [0.15, 0.2) is 0 Å². The van der Waals surface area contributed by atoms with Crippen LogP contribution in [0, 0.1) is 0 Å². The number of H-pyrrole nitrogens is 1. The number of aromatic amines is 1. The second-order valence-electron chi connectivity index (χ2n) is 4.19. The van der Waals surface area contributed by atoms with E-state index in [2.05, 4.69) is 16.4 Å². The number of methoxy groups -OCH3 is 1. The molecule has 18 heavy (non-hydrogen) atoms. The number of thiophene rings is 1. The molecule has 4 heteroatoms. The number of hydrogen-bond donors (Lipinski definition) is 2. The largest absolute Gasteiger partial charge is 0.497 e. The van der Waals surface area contributed by atoms with Crippen molar-refractivity contribution in [3.8, 4) is 5.75 Å². The van der Waals surface area contributed by atoms with E-state index < -0.39 is 0 Å². The summed E-state index contributed by atoms with van der Waals surface area (Å²) in [4.78, 5) is 3.25. The van der Waals surface area contributed by atoms with Crippen molar-refractivity contribution in [1.29, 1.82) is 0 Å². The van der Waals surface area contributed by atoms with Crippen LogP contribution in [0.25, 0.3) is 10.9 Å². The maximum absolute atomic E-state index is 6.31. The molecule has 0 amide bonds. The number of nitrogens with one attached hydrogen (secondary N) is 1. The molecule has 2 aromatic heterocycles. The van der Waals surface area contributed by atoms with Crippen molar-refractivity contribution in [2.24, 2.45) is 5.73 Å². The SMILES string of the molecule is COc1ccc2[nH]cc([C@H](N)c3ccsc3)c2c1. The normalized spacial score (nSPS) is 12.8. The van der Waals surface area contributed by atoms with Crippen molar-refractivity contribution in [2.75, 3.05) is 7.11 Å². The highest BCUT2D eigenvalue weighted by molar-refractivity contribution is 7.08. The van der Waals surface area contributed by atoms with E-state index in [-0.39, 0.29) is 6.04 Å². The highest BCUT2D eigenvalue weighted by Crippen LogP contribution is 2.30. The average molecular weight is 258 g/mol. The number of benzene rings is 1. The van der Waals surface area contributed by atoms with E-state index >= 15 is 0 Å². The highest BCUT2D eigenvalue weighted by Gasteiger charge is 2.14. The molecule has 92 valence electrons. The molecule has 0 fully saturated rings. The Bertz CT molecular complexity index is 658. The van der Waals surface area contributed by atoms with Gasteiger partial charge < -0.3 is 15.5 Å². The van der Waals surface area contributed by atoms with E-state index in [4.69, 9.17) is 10.5 Å². The van der Waals surface area contributed by atoms with Crippen molar-refractivity contribution < 1.29 is 4.74 Å². The van der Waals surface area contributed by atoms with Crippen molar-refractivity contribution in [3.63, 3.8) is 0 Å². The summed E-state index contributed by atoms with van der Waals surface area (Å²) >= 11 is 1.66. The van der Waals surface area contributed by atoms with E-state index in [1.807, 2.05) is 29.8 Å². The second-order valence-corrected chi connectivity index (χ2v) is 4.97. The fourth-order valence-corrected chi connectivity index (χ4v) is 2.83. The molecule has 3 aromatic rings. The molecule has 2 heterocycles. The van der Waals surface area contributed by atoms with E-state index in [1.54, 1.807) is 18.4 Å². The quantitative estimate of drug-likeness (QED) is 0.757. The van der Waals surface area contributed by atoms with Gasteiger partial charge in [0.2, 0.25) is 0 Å². The minimum Gasteiger partial charge on any atom is -0.497 e. The zero-order valence-corrected chi connectivity index (χ0v) is 10.8. The molecule has 3 N–H and O–H groups in total. The van der Waals surface area contributed by atoms with Crippen LogP contribution in [0.3, 0.4) is 0 Å². The molecule has 0 aliphatic rings. The van der Waals surface area contributed by atoms with Gasteiger partial charge in [0, 0.05) is 17.1 Å².